The van der Waals surface area contributed by atoms with Crippen LogP contribution in [0.1, 0.15) is 27.2 Å². The molecule has 0 saturated carbocycles. The molecule has 0 N–H and O–H groups in total. The third-order valence-corrected chi connectivity index (χ3v) is 4.89. The lowest BCUT2D eigenvalue weighted by Crippen LogP contribution is -1.88. The predicted molar refractivity (Wildman–Crippen MR) is 97.9 cm³/mol. The fourth-order valence-electron chi connectivity index (χ4n) is 2.29. The van der Waals surface area contributed by atoms with Crippen molar-refractivity contribution >= 4 is 28.9 Å². The van der Waals surface area contributed by atoms with Crippen molar-refractivity contribution in [3.05, 3.63) is 80.2 Å². The molecule has 0 aliphatic rings. The molecule has 0 saturated heterocycles. The van der Waals surface area contributed by atoms with E-state index in [4.69, 9.17) is 4.42 Å². The van der Waals surface area contributed by atoms with Gasteiger partial charge in [0.2, 0.25) is 0 Å². The maximum Gasteiger partial charge on any atom is 0.269 e. The zero-order valence-corrected chi connectivity index (χ0v) is 14.3. The Balaban J connectivity index is 1.72. The first kappa shape index (κ1) is 16.9. The first-order valence-corrected chi connectivity index (χ1v) is 8.54. The van der Waals surface area contributed by atoms with Crippen LogP contribution in [0.3, 0.4) is 0 Å². The van der Waals surface area contributed by atoms with Crippen LogP contribution in [-0.2, 0) is 6.42 Å². The number of non-ortho nitro benzene ring substituents is 1. The Labute approximate surface area is 148 Å². The zero-order chi connectivity index (χ0) is 17.8. The fourth-order valence-corrected chi connectivity index (χ4v) is 3.15. The molecule has 1 aromatic carbocycles. The van der Waals surface area contributed by atoms with Crippen LogP contribution in [0.5, 0.6) is 0 Å². The number of nitro benzene ring substituents is 1. The molecule has 2 aromatic heterocycles. The second-order valence-electron chi connectivity index (χ2n) is 5.32. The molecule has 0 bridgehead atoms. The first-order chi connectivity index (χ1) is 12.1. The normalized spacial score (nSPS) is 11.1. The van der Waals surface area contributed by atoms with Crippen LogP contribution in [0.25, 0.3) is 17.4 Å². The van der Waals surface area contributed by atoms with Crippen LogP contribution in [0.2, 0.25) is 0 Å². The number of allylic oxidation sites excluding steroid dienone is 1. The van der Waals surface area contributed by atoms with Crippen LogP contribution in [-0.4, -0.2) is 10.7 Å². The SMILES string of the molecule is CCc1ccc(C(=O)/C=C/c2ccc(-c3ccc([N+](=O)[O-])cc3)o2)s1. The monoisotopic (exact) mass is 353 g/mol. The van der Waals surface area contributed by atoms with Gasteiger partial charge in [-0.05, 0) is 55.0 Å². The summed E-state index contributed by atoms with van der Waals surface area (Å²) >= 11 is 1.50. The smallest absolute Gasteiger partial charge is 0.269 e. The molecule has 0 aliphatic carbocycles. The number of carbonyl (C=O) groups excluding carboxylic acids is 1. The van der Waals surface area contributed by atoms with Crippen LogP contribution >= 0.6 is 11.3 Å². The summed E-state index contributed by atoms with van der Waals surface area (Å²) in [6, 6.07) is 13.4. The summed E-state index contributed by atoms with van der Waals surface area (Å²) in [6.45, 7) is 2.05. The molecule has 5 nitrogen and oxygen atoms in total. The van der Waals surface area contributed by atoms with E-state index in [1.54, 1.807) is 30.3 Å². The second-order valence-corrected chi connectivity index (χ2v) is 6.49. The highest BCUT2D eigenvalue weighted by Crippen LogP contribution is 2.25. The lowest BCUT2D eigenvalue weighted by Gasteiger charge is -1.96. The Morgan fingerprint density at radius 2 is 1.92 bits per heavy atom. The quantitative estimate of drug-likeness (QED) is 0.258. The van der Waals surface area contributed by atoms with Gasteiger partial charge in [-0.2, -0.15) is 0 Å². The molecule has 3 aromatic rings. The summed E-state index contributed by atoms with van der Waals surface area (Å²) in [5.74, 6) is 1.08. The van der Waals surface area contributed by atoms with Crippen LogP contribution < -0.4 is 0 Å². The minimum atomic E-state index is -0.444. The van der Waals surface area contributed by atoms with E-state index in [9.17, 15) is 14.9 Å². The molecule has 25 heavy (non-hydrogen) atoms. The van der Waals surface area contributed by atoms with Gasteiger partial charge in [0.05, 0.1) is 9.80 Å². The zero-order valence-electron chi connectivity index (χ0n) is 13.5. The Bertz CT molecular complexity index is 935. The summed E-state index contributed by atoms with van der Waals surface area (Å²) < 4.78 is 5.68. The third kappa shape index (κ3) is 3.92. The average Bonchev–Trinajstić information content (AvgIpc) is 3.29. The highest BCUT2D eigenvalue weighted by Gasteiger charge is 2.09. The number of nitrogens with zero attached hydrogens (tertiary/aromatic N) is 1. The van der Waals surface area contributed by atoms with Crippen LogP contribution in [0.4, 0.5) is 5.69 Å². The number of furan rings is 1. The minimum absolute atomic E-state index is 0.0309. The van der Waals surface area contributed by atoms with E-state index < -0.39 is 4.92 Å². The summed E-state index contributed by atoms with van der Waals surface area (Å²) in [4.78, 5) is 24.3. The van der Waals surface area contributed by atoms with Gasteiger partial charge in [0.1, 0.15) is 11.5 Å². The van der Waals surface area contributed by atoms with Crippen molar-refractivity contribution in [2.75, 3.05) is 0 Å². The van der Waals surface area contributed by atoms with Gasteiger partial charge >= 0.3 is 0 Å². The van der Waals surface area contributed by atoms with E-state index in [1.165, 1.54) is 34.4 Å². The molecule has 126 valence electrons. The number of nitro groups is 1. The van der Waals surface area contributed by atoms with Crippen LogP contribution in [0.15, 0.2) is 59.0 Å². The molecule has 6 heteroatoms. The number of rotatable bonds is 6. The molecular formula is C19H15NO4S. The van der Waals surface area contributed by atoms with Crippen molar-refractivity contribution < 1.29 is 14.1 Å². The Morgan fingerprint density at radius 1 is 1.16 bits per heavy atom. The Hall–Kier alpha value is -2.99. The minimum Gasteiger partial charge on any atom is -0.457 e. The number of hydrogen-bond acceptors (Lipinski definition) is 5. The van der Waals surface area contributed by atoms with Crippen LogP contribution in [0, 0.1) is 10.1 Å². The summed E-state index contributed by atoms with van der Waals surface area (Å²) in [5, 5.41) is 10.7. The number of ketones is 1. The average molecular weight is 353 g/mol. The largest absolute Gasteiger partial charge is 0.457 e. The van der Waals surface area contributed by atoms with Crippen molar-refractivity contribution in [3.8, 4) is 11.3 Å². The lowest BCUT2D eigenvalue weighted by atomic mass is 10.1. The van der Waals surface area contributed by atoms with Crippen molar-refractivity contribution in [2.24, 2.45) is 0 Å². The second kappa shape index (κ2) is 7.27. The predicted octanol–water partition coefficient (Wildman–Crippen LogP) is 5.37. The molecule has 0 radical (unpaired) electrons. The molecule has 3 rings (SSSR count). The Morgan fingerprint density at radius 3 is 2.56 bits per heavy atom. The third-order valence-electron chi connectivity index (χ3n) is 3.64. The van der Waals surface area contributed by atoms with E-state index in [-0.39, 0.29) is 11.5 Å². The van der Waals surface area contributed by atoms with E-state index in [0.29, 0.717) is 16.4 Å². The van der Waals surface area contributed by atoms with Gasteiger partial charge in [-0.25, -0.2) is 0 Å². The highest BCUT2D eigenvalue weighted by molar-refractivity contribution is 7.14. The number of aryl methyl sites for hydroxylation is 1. The highest BCUT2D eigenvalue weighted by atomic mass is 32.1. The van der Waals surface area contributed by atoms with Crippen molar-refractivity contribution in [3.63, 3.8) is 0 Å². The number of carbonyl (C=O) groups is 1. The van der Waals surface area contributed by atoms with Gasteiger partial charge in [0, 0.05) is 22.6 Å². The molecule has 0 fully saturated rings. The van der Waals surface area contributed by atoms with E-state index in [2.05, 4.69) is 6.92 Å². The first-order valence-electron chi connectivity index (χ1n) is 7.72. The Kier molecular flexibility index (Phi) is 4.90. The standard InChI is InChI=1S/C19H15NO4S/c1-2-16-9-12-19(25-16)17(21)10-7-15-8-11-18(24-15)13-3-5-14(6-4-13)20(22)23/h3-12H,2H2,1H3/b10-7+. The van der Waals surface area contributed by atoms with Crippen molar-refractivity contribution in [1.82, 2.24) is 0 Å². The van der Waals surface area contributed by atoms with Gasteiger partial charge < -0.3 is 4.42 Å². The van der Waals surface area contributed by atoms with E-state index in [1.807, 2.05) is 12.1 Å². The molecule has 2 heterocycles. The number of thiophene rings is 1. The maximum atomic E-state index is 12.1. The summed E-state index contributed by atoms with van der Waals surface area (Å²) in [7, 11) is 0. The molecule has 0 aliphatic heterocycles. The van der Waals surface area contributed by atoms with Crippen molar-refractivity contribution in [2.45, 2.75) is 13.3 Å². The maximum absolute atomic E-state index is 12.1. The van der Waals surface area contributed by atoms with Gasteiger partial charge in [-0.15, -0.1) is 11.3 Å². The molecule has 0 unspecified atom stereocenters. The fraction of sp³-hybridized carbons (Fsp3) is 0.105. The molecule has 0 spiro atoms. The molecular weight excluding hydrogens is 338 g/mol. The van der Waals surface area contributed by atoms with E-state index in [0.717, 1.165) is 12.0 Å². The van der Waals surface area contributed by atoms with Gasteiger partial charge in [0.15, 0.2) is 5.78 Å². The van der Waals surface area contributed by atoms with Gasteiger partial charge in [-0.3, -0.25) is 14.9 Å². The van der Waals surface area contributed by atoms with Crippen molar-refractivity contribution in [1.29, 1.82) is 0 Å². The summed E-state index contributed by atoms with van der Waals surface area (Å²) in [5.41, 5.74) is 0.769. The number of hydrogen-bond donors (Lipinski definition) is 0. The van der Waals surface area contributed by atoms with Gasteiger partial charge in [0.25, 0.3) is 5.69 Å². The molecule has 0 amide bonds. The van der Waals surface area contributed by atoms with E-state index >= 15 is 0 Å². The van der Waals surface area contributed by atoms with Gasteiger partial charge in [-0.1, -0.05) is 6.92 Å². The molecule has 0 atom stereocenters. The lowest BCUT2D eigenvalue weighted by molar-refractivity contribution is -0.384. The topological polar surface area (TPSA) is 73.3 Å². The summed E-state index contributed by atoms with van der Waals surface area (Å²) in [6.07, 6.45) is 4.03. The number of benzene rings is 1.